The van der Waals surface area contributed by atoms with Crippen molar-refractivity contribution in [1.82, 2.24) is 4.90 Å². The van der Waals surface area contributed by atoms with Crippen LogP contribution < -0.4 is 0 Å². The molecule has 0 saturated heterocycles. The van der Waals surface area contributed by atoms with Gasteiger partial charge in [0.1, 0.15) is 23.8 Å². The normalized spacial score (nSPS) is 16.0. The predicted molar refractivity (Wildman–Crippen MR) is 78.2 cm³/mol. The average molecular weight is 283 g/mol. The maximum absolute atomic E-state index is 12.0. The largest absolute Gasteiger partial charge is 0.464 e. The highest BCUT2D eigenvalue weighted by atomic mass is 16.5. The zero-order chi connectivity index (χ0) is 15.7. The predicted octanol–water partition coefficient (Wildman–Crippen LogP) is 2.57. The molecule has 0 amide bonds. The van der Waals surface area contributed by atoms with Gasteiger partial charge in [0.15, 0.2) is 0 Å². The van der Waals surface area contributed by atoms with E-state index in [0.717, 1.165) is 5.70 Å². The summed E-state index contributed by atoms with van der Waals surface area (Å²) in [6, 6.07) is 3.16. The molecule has 5 nitrogen and oxygen atoms in total. The zero-order valence-corrected chi connectivity index (χ0v) is 12.1. The number of carbonyl (C=O) groups is 1. The lowest BCUT2D eigenvalue weighted by molar-refractivity contribution is -0.148. The van der Waals surface area contributed by atoms with Gasteiger partial charge in [0.25, 0.3) is 0 Å². The van der Waals surface area contributed by atoms with Crippen molar-refractivity contribution >= 4 is 5.97 Å². The maximum atomic E-state index is 12.0. The Labute approximate surface area is 124 Å². The Kier molecular flexibility index (Phi) is 6.50. The molecule has 1 rings (SSSR count). The standard InChI is InChI=1S/C16H17N3O2/c1-3-15(16(20)21-4-2)19-10-6-5-7-14(19)9-8-13(11-17)12-18/h5-10,15H,3-4H2,1-2H3/b14-9+. The third kappa shape index (κ3) is 4.36. The van der Waals surface area contributed by atoms with Gasteiger partial charge in [-0.3, -0.25) is 0 Å². The van der Waals surface area contributed by atoms with Gasteiger partial charge in [-0.15, -0.1) is 0 Å². The molecule has 0 radical (unpaired) electrons. The number of ether oxygens (including phenoxy) is 1. The van der Waals surface area contributed by atoms with E-state index < -0.39 is 6.04 Å². The quantitative estimate of drug-likeness (QED) is 0.572. The second-order valence-corrected chi connectivity index (χ2v) is 4.18. The van der Waals surface area contributed by atoms with Crippen molar-refractivity contribution in [1.29, 1.82) is 10.5 Å². The average Bonchev–Trinajstić information content (AvgIpc) is 2.50. The molecule has 1 heterocycles. The summed E-state index contributed by atoms with van der Waals surface area (Å²) in [5, 5.41) is 17.5. The number of rotatable bonds is 5. The lowest BCUT2D eigenvalue weighted by Crippen LogP contribution is -2.38. The summed E-state index contributed by atoms with van der Waals surface area (Å²) in [6.07, 6.45) is 10.9. The van der Waals surface area contributed by atoms with Gasteiger partial charge >= 0.3 is 5.97 Å². The van der Waals surface area contributed by atoms with Crippen molar-refractivity contribution in [2.75, 3.05) is 6.61 Å². The Morgan fingerprint density at radius 3 is 2.67 bits per heavy atom. The monoisotopic (exact) mass is 283 g/mol. The first-order chi connectivity index (χ1) is 10.2. The van der Waals surface area contributed by atoms with E-state index in [-0.39, 0.29) is 11.5 Å². The molecule has 0 aliphatic carbocycles. The van der Waals surface area contributed by atoms with Crippen LogP contribution in [0.2, 0.25) is 0 Å². The summed E-state index contributed by atoms with van der Waals surface area (Å²) < 4.78 is 5.08. The molecule has 0 N–H and O–H groups in total. The fourth-order valence-electron chi connectivity index (χ4n) is 1.88. The van der Waals surface area contributed by atoms with E-state index in [9.17, 15) is 4.79 Å². The first kappa shape index (κ1) is 16.3. The van der Waals surface area contributed by atoms with E-state index in [1.165, 1.54) is 6.08 Å². The molecular weight excluding hydrogens is 266 g/mol. The molecule has 21 heavy (non-hydrogen) atoms. The van der Waals surface area contributed by atoms with E-state index in [2.05, 4.69) is 0 Å². The molecule has 5 heteroatoms. The first-order valence-corrected chi connectivity index (χ1v) is 6.69. The fourth-order valence-corrected chi connectivity index (χ4v) is 1.88. The molecule has 0 saturated carbocycles. The Morgan fingerprint density at radius 2 is 2.10 bits per heavy atom. The topological polar surface area (TPSA) is 77.1 Å². The zero-order valence-electron chi connectivity index (χ0n) is 12.1. The van der Waals surface area contributed by atoms with Crippen LogP contribution in [0.25, 0.3) is 0 Å². The van der Waals surface area contributed by atoms with E-state index >= 15 is 0 Å². The number of hydrogen-bond acceptors (Lipinski definition) is 5. The van der Waals surface area contributed by atoms with Gasteiger partial charge in [0.2, 0.25) is 0 Å². The number of nitrogens with zero attached hydrogens (tertiary/aromatic N) is 3. The van der Waals surface area contributed by atoms with Gasteiger partial charge in [-0.25, -0.2) is 4.79 Å². The Morgan fingerprint density at radius 1 is 1.38 bits per heavy atom. The third-order valence-electron chi connectivity index (χ3n) is 2.87. The summed E-state index contributed by atoms with van der Waals surface area (Å²) in [6.45, 7) is 3.99. The van der Waals surface area contributed by atoms with Crippen molar-refractivity contribution in [3.05, 3.63) is 47.9 Å². The smallest absolute Gasteiger partial charge is 0.329 e. The van der Waals surface area contributed by atoms with Crippen LogP contribution in [0.1, 0.15) is 20.3 Å². The molecule has 0 aromatic heterocycles. The minimum atomic E-state index is -0.432. The van der Waals surface area contributed by atoms with Crippen LogP contribution in [-0.2, 0) is 9.53 Å². The van der Waals surface area contributed by atoms with Crippen LogP contribution in [0.15, 0.2) is 47.9 Å². The van der Waals surface area contributed by atoms with E-state index in [4.69, 9.17) is 15.3 Å². The summed E-state index contributed by atoms with van der Waals surface area (Å²) in [5.41, 5.74) is 0.731. The van der Waals surface area contributed by atoms with Crippen molar-refractivity contribution < 1.29 is 9.53 Å². The molecule has 0 bridgehead atoms. The van der Waals surface area contributed by atoms with Gasteiger partial charge in [0, 0.05) is 11.9 Å². The summed E-state index contributed by atoms with van der Waals surface area (Å²) in [7, 11) is 0. The molecular formula is C16H17N3O2. The van der Waals surface area contributed by atoms with Gasteiger partial charge in [-0.05, 0) is 37.6 Å². The third-order valence-corrected chi connectivity index (χ3v) is 2.87. The van der Waals surface area contributed by atoms with Crippen LogP contribution in [-0.4, -0.2) is 23.5 Å². The second-order valence-electron chi connectivity index (χ2n) is 4.18. The SMILES string of the molecule is CCOC(=O)C(CC)N1C=CC=C/C1=C\C=C(C#N)C#N. The van der Waals surface area contributed by atoms with Gasteiger partial charge in [0.05, 0.1) is 6.61 Å². The highest BCUT2D eigenvalue weighted by molar-refractivity contribution is 5.76. The lowest BCUT2D eigenvalue weighted by atomic mass is 10.1. The van der Waals surface area contributed by atoms with Crippen LogP contribution in [0, 0.1) is 22.7 Å². The van der Waals surface area contributed by atoms with Crippen LogP contribution in [0.5, 0.6) is 0 Å². The number of hydrogen-bond donors (Lipinski definition) is 0. The van der Waals surface area contributed by atoms with Crippen molar-refractivity contribution in [2.24, 2.45) is 0 Å². The van der Waals surface area contributed by atoms with E-state index in [1.807, 2.05) is 25.2 Å². The van der Waals surface area contributed by atoms with Crippen LogP contribution in [0.4, 0.5) is 0 Å². The molecule has 1 aliphatic heterocycles. The van der Waals surface area contributed by atoms with Crippen molar-refractivity contribution in [3.8, 4) is 12.1 Å². The fraction of sp³-hybridized carbons (Fsp3) is 0.312. The minimum Gasteiger partial charge on any atom is -0.464 e. The Balaban J connectivity index is 3.06. The highest BCUT2D eigenvalue weighted by Crippen LogP contribution is 2.19. The van der Waals surface area contributed by atoms with Crippen molar-refractivity contribution in [2.45, 2.75) is 26.3 Å². The van der Waals surface area contributed by atoms with Crippen LogP contribution >= 0.6 is 0 Å². The molecule has 1 unspecified atom stereocenters. The minimum absolute atomic E-state index is 0.00888. The van der Waals surface area contributed by atoms with Crippen molar-refractivity contribution in [3.63, 3.8) is 0 Å². The second kappa shape index (κ2) is 8.39. The lowest BCUT2D eigenvalue weighted by Gasteiger charge is -2.30. The summed E-state index contributed by atoms with van der Waals surface area (Å²) in [4.78, 5) is 13.8. The summed E-state index contributed by atoms with van der Waals surface area (Å²) >= 11 is 0. The highest BCUT2D eigenvalue weighted by Gasteiger charge is 2.25. The number of carbonyl (C=O) groups excluding carboxylic acids is 1. The van der Waals surface area contributed by atoms with E-state index in [1.54, 1.807) is 36.2 Å². The molecule has 0 aromatic rings. The molecule has 0 fully saturated rings. The van der Waals surface area contributed by atoms with Gasteiger partial charge < -0.3 is 9.64 Å². The molecule has 0 spiro atoms. The first-order valence-electron chi connectivity index (χ1n) is 6.69. The van der Waals surface area contributed by atoms with E-state index in [0.29, 0.717) is 13.0 Å². The Hall–Kier alpha value is -2.79. The Bertz CT molecular complexity index is 570. The maximum Gasteiger partial charge on any atom is 0.329 e. The molecule has 0 aromatic carbocycles. The molecule has 108 valence electrons. The number of allylic oxidation sites excluding steroid dienone is 6. The van der Waals surface area contributed by atoms with Crippen LogP contribution in [0.3, 0.4) is 0 Å². The van der Waals surface area contributed by atoms with Gasteiger partial charge in [-0.1, -0.05) is 13.0 Å². The molecule has 1 atom stereocenters. The van der Waals surface area contributed by atoms with Gasteiger partial charge in [-0.2, -0.15) is 10.5 Å². The summed E-state index contributed by atoms with van der Waals surface area (Å²) in [5.74, 6) is -0.296. The molecule has 1 aliphatic rings. The number of nitriles is 2. The number of esters is 1.